The van der Waals surface area contributed by atoms with E-state index in [1.54, 1.807) is 6.07 Å². The van der Waals surface area contributed by atoms with Gasteiger partial charge in [0.25, 0.3) is 0 Å². The van der Waals surface area contributed by atoms with Crippen molar-refractivity contribution in [2.24, 2.45) is 5.92 Å². The summed E-state index contributed by atoms with van der Waals surface area (Å²) >= 11 is 17.6. The summed E-state index contributed by atoms with van der Waals surface area (Å²) in [7, 11) is 4.03. The molecule has 0 saturated heterocycles. The highest BCUT2D eigenvalue weighted by atomic mass is 35.5. The van der Waals surface area contributed by atoms with Gasteiger partial charge >= 0.3 is 0 Å². The predicted molar refractivity (Wildman–Crippen MR) is 147 cm³/mol. The molecule has 3 N–H and O–H groups in total. The van der Waals surface area contributed by atoms with Crippen molar-refractivity contribution in [3.63, 3.8) is 0 Å². The summed E-state index contributed by atoms with van der Waals surface area (Å²) in [5.41, 5.74) is 1.93. The van der Waals surface area contributed by atoms with Gasteiger partial charge in [-0.15, -0.1) is 0 Å². The van der Waals surface area contributed by atoms with Crippen LogP contribution in [0.3, 0.4) is 0 Å². The second-order valence-corrected chi connectivity index (χ2v) is 10.2. The normalized spacial score (nSPS) is 17.9. The molecule has 1 aliphatic rings. The summed E-state index contributed by atoms with van der Waals surface area (Å²) < 4.78 is 0. The van der Waals surface area contributed by atoms with Crippen molar-refractivity contribution in [3.8, 4) is 0 Å². The molecule has 9 heteroatoms. The molecule has 2 aromatic carbocycles. The number of rotatable bonds is 7. The third-order valence-corrected chi connectivity index (χ3v) is 7.07. The first kappa shape index (κ1) is 24.8. The molecule has 0 radical (unpaired) electrons. The van der Waals surface area contributed by atoms with Gasteiger partial charge in [-0.25, -0.2) is 4.98 Å². The summed E-state index contributed by atoms with van der Waals surface area (Å²) in [6.07, 6.45) is 4.43. The van der Waals surface area contributed by atoms with Crippen molar-refractivity contribution in [2.45, 2.75) is 38.3 Å². The van der Waals surface area contributed by atoms with Crippen molar-refractivity contribution in [2.75, 3.05) is 30.9 Å². The first-order valence-electron chi connectivity index (χ1n) is 11.6. The standard InChI is InChI=1S/C25H30Cl2N6S/c1-33(2)23-20-5-3-4-6-22(20)31-24(32-23)30-19-11-7-16(8-12-19)14-28-25(34)29-15-17-9-10-18(26)13-21(17)27/h3-6,9-10,13,16,19H,7-8,11-12,14-15H2,1-2H3,(H2,28,29,34)(H,30,31,32)/t16-,19+. The van der Waals surface area contributed by atoms with Crippen molar-refractivity contribution >= 4 is 63.2 Å². The summed E-state index contributed by atoms with van der Waals surface area (Å²) in [5.74, 6) is 2.23. The van der Waals surface area contributed by atoms with Crippen LogP contribution in [0.15, 0.2) is 42.5 Å². The molecule has 0 spiro atoms. The minimum absolute atomic E-state index is 0.379. The van der Waals surface area contributed by atoms with Crippen LogP contribution in [0, 0.1) is 5.92 Å². The molecule has 180 valence electrons. The maximum absolute atomic E-state index is 6.23. The topological polar surface area (TPSA) is 65.1 Å². The van der Waals surface area contributed by atoms with Crippen LogP contribution < -0.4 is 20.9 Å². The number of para-hydroxylation sites is 1. The van der Waals surface area contributed by atoms with Crippen LogP contribution >= 0.6 is 35.4 Å². The van der Waals surface area contributed by atoms with E-state index in [0.29, 0.717) is 39.6 Å². The zero-order chi connectivity index (χ0) is 24.1. The van der Waals surface area contributed by atoms with E-state index in [1.807, 2.05) is 49.3 Å². The van der Waals surface area contributed by atoms with Gasteiger partial charge < -0.3 is 20.9 Å². The second-order valence-electron chi connectivity index (χ2n) is 8.94. The van der Waals surface area contributed by atoms with Gasteiger partial charge in [-0.3, -0.25) is 0 Å². The molecular formula is C25H30Cl2N6S. The minimum Gasteiger partial charge on any atom is -0.362 e. The third kappa shape index (κ3) is 6.40. The summed E-state index contributed by atoms with van der Waals surface area (Å²) in [5, 5.41) is 13.1. The van der Waals surface area contributed by atoms with Gasteiger partial charge in [0.05, 0.1) is 5.52 Å². The van der Waals surface area contributed by atoms with Crippen LogP contribution in [0.2, 0.25) is 10.0 Å². The predicted octanol–water partition coefficient (Wildman–Crippen LogP) is 5.64. The number of nitrogens with zero attached hydrogens (tertiary/aromatic N) is 3. The molecule has 1 saturated carbocycles. The quantitative estimate of drug-likeness (QED) is 0.351. The number of nitrogens with one attached hydrogen (secondary N) is 3. The first-order chi connectivity index (χ1) is 16.4. The van der Waals surface area contributed by atoms with Gasteiger partial charge in [0.2, 0.25) is 5.95 Å². The summed E-state index contributed by atoms with van der Waals surface area (Å²) in [6, 6.07) is 14.0. The SMILES string of the molecule is CN(C)c1nc(N[C@H]2CC[C@@H](CNC(=S)NCc3ccc(Cl)cc3Cl)CC2)nc2ccccc12. The molecule has 1 aromatic heterocycles. The van der Waals surface area contributed by atoms with Crippen molar-refractivity contribution in [1.82, 2.24) is 20.6 Å². The Kier molecular flexibility index (Phi) is 8.29. The second kappa shape index (κ2) is 11.4. The van der Waals surface area contributed by atoms with E-state index in [1.165, 1.54) is 0 Å². The van der Waals surface area contributed by atoms with Crippen LogP contribution in [0.4, 0.5) is 11.8 Å². The molecule has 34 heavy (non-hydrogen) atoms. The fourth-order valence-electron chi connectivity index (χ4n) is 4.30. The molecule has 0 aliphatic heterocycles. The molecule has 0 amide bonds. The van der Waals surface area contributed by atoms with E-state index in [9.17, 15) is 0 Å². The molecule has 1 heterocycles. The number of aromatic nitrogens is 2. The van der Waals surface area contributed by atoms with Crippen molar-refractivity contribution < 1.29 is 0 Å². The fourth-order valence-corrected chi connectivity index (χ4v) is 4.93. The molecule has 0 unspecified atom stereocenters. The Balaban J connectivity index is 1.23. The largest absolute Gasteiger partial charge is 0.362 e. The number of hydrogen-bond acceptors (Lipinski definition) is 5. The fraction of sp³-hybridized carbons (Fsp3) is 0.400. The van der Waals surface area contributed by atoms with Gasteiger partial charge in [-0.1, -0.05) is 41.4 Å². The minimum atomic E-state index is 0.379. The maximum atomic E-state index is 6.23. The summed E-state index contributed by atoms with van der Waals surface area (Å²) in [4.78, 5) is 11.6. The van der Waals surface area contributed by atoms with Crippen LogP contribution in [-0.4, -0.2) is 41.8 Å². The van der Waals surface area contributed by atoms with E-state index in [0.717, 1.165) is 54.5 Å². The number of halogens is 2. The highest BCUT2D eigenvalue weighted by molar-refractivity contribution is 7.80. The molecule has 1 fully saturated rings. The Morgan fingerprint density at radius 1 is 1.03 bits per heavy atom. The Hall–Kier alpha value is -2.35. The average Bonchev–Trinajstić information content (AvgIpc) is 2.82. The van der Waals surface area contributed by atoms with Crippen LogP contribution in [0.5, 0.6) is 0 Å². The molecule has 3 aromatic rings. The number of thiocarbonyl (C=S) groups is 1. The third-order valence-electron chi connectivity index (χ3n) is 6.19. The lowest BCUT2D eigenvalue weighted by Gasteiger charge is -2.30. The number of hydrogen-bond donors (Lipinski definition) is 3. The van der Waals surface area contributed by atoms with Crippen LogP contribution in [0.1, 0.15) is 31.2 Å². The maximum Gasteiger partial charge on any atom is 0.225 e. The highest BCUT2D eigenvalue weighted by Crippen LogP contribution is 2.28. The van der Waals surface area contributed by atoms with Crippen LogP contribution in [0.25, 0.3) is 10.9 Å². The smallest absolute Gasteiger partial charge is 0.225 e. The molecule has 6 nitrogen and oxygen atoms in total. The van der Waals surface area contributed by atoms with Gasteiger partial charge in [0, 0.05) is 48.7 Å². The Morgan fingerprint density at radius 2 is 1.79 bits per heavy atom. The molecular weight excluding hydrogens is 487 g/mol. The Morgan fingerprint density at radius 3 is 2.53 bits per heavy atom. The van der Waals surface area contributed by atoms with E-state index < -0.39 is 0 Å². The Bertz CT molecular complexity index is 1150. The van der Waals surface area contributed by atoms with Gasteiger partial charge in [0.1, 0.15) is 5.82 Å². The Labute approximate surface area is 216 Å². The highest BCUT2D eigenvalue weighted by Gasteiger charge is 2.22. The lowest BCUT2D eigenvalue weighted by Crippen LogP contribution is -2.39. The van der Waals surface area contributed by atoms with E-state index in [-0.39, 0.29) is 0 Å². The lowest BCUT2D eigenvalue weighted by atomic mass is 9.86. The van der Waals surface area contributed by atoms with Crippen molar-refractivity contribution in [1.29, 1.82) is 0 Å². The molecule has 4 rings (SSSR count). The average molecular weight is 518 g/mol. The molecule has 0 bridgehead atoms. The van der Waals surface area contributed by atoms with Crippen molar-refractivity contribution in [3.05, 3.63) is 58.1 Å². The first-order valence-corrected chi connectivity index (χ1v) is 12.7. The van der Waals surface area contributed by atoms with Gasteiger partial charge in [0.15, 0.2) is 5.11 Å². The number of fused-ring (bicyclic) bond motifs is 1. The number of anilines is 2. The monoisotopic (exact) mass is 516 g/mol. The van der Waals surface area contributed by atoms with E-state index >= 15 is 0 Å². The lowest BCUT2D eigenvalue weighted by molar-refractivity contribution is 0.336. The van der Waals surface area contributed by atoms with Gasteiger partial charge in [-0.05, 0) is 73.6 Å². The summed E-state index contributed by atoms with van der Waals surface area (Å²) in [6.45, 7) is 1.43. The molecule has 1 aliphatic carbocycles. The number of benzene rings is 2. The molecule has 0 atom stereocenters. The zero-order valence-corrected chi connectivity index (χ0v) is 21.8. The van der Waals surface area contributed by atoms with E-state index in [4.69, 9.17) is 45.4 Å². The van der Waals surface area contributed by atoms with Gasteiger partial charge in [-0.2, -0.15) is 4.98 Å². The zero-order valence-electron chi connectivity index (χ0n) is 19.4. The van der Waals surface area contributed by atoms with E-state index in [2.05, 4.69) is 22.0 Å². The van der Waals surface area contributed by atoms with Crippen LogP contribution in [-0.2, 0) is 6.54 Å².